The summed E-state index contributed by atoms with van der Waals surface area (Å²) in [6, 6.07) is 9.76. The average molecular weight is 430 g/mol. The standard InChI is InChI=1S/C21H20F2N4O4/c1-2-31-20(29)17-11-24-27(12-18(28)13-6-8-14(22)9-7-13)19(17)26-21(30)25-16-5-3-4-15(23)10-16/h3-11,18,28H,2,12H2,1H3,(H2,25,26,30). The van der Waals surface area contributed by atoms with Crippen molar-refractivity contribution in [2.45, 2.75) is 19.6 Å². The highest BCUT2D eigenvalue weighted by molar-refractivity contribution is 6.04. The first kappa shape index (κ1) is 21.9. The average Bonchev–Trinajstić information content (AvgIpc) is 3.10. The van der Waals surface area contributed by atoms with Crippen molar-refractivity contribution in [3.8, 4) is 0 Å². The molecule has 0 radical (unpaired) electrons. The van der Waals surface area contributed by atoms with Gasteiger partial charge in [-0.1, -0.05) is 18.2 Å². The normalized spacial score (nSPS) is 11.6. The van der Waals surface area contributed by atoms with Crippen LogP contribution in [0.2, 0.25) is 0 Å². The highest BCUT2D eigenvalue weighted by Gasteiger charge is 2.22. The van der Waals surface area contributed by atoms with Crippen LogP contribution in [0.15, 0.2) is 54.7 Å². The lowest BCUT2D eigenvalue weighted by Crippen LogP contribution is -2.24. The highest BCUT2D eigenvalue weighted by atomic mass is 19.1. The molecular weight excluding hydrogens is 410 g/mol. The van der Waals surface area contributed by atoms with Gasteiger partial charge in [-0.2, -0.15) is 5.10 Å². The second-order valence-corrected chi connectivity index (χ2v) is 6.47. The van der Waals surface area contributed by atoms with E-state index >= 15 is 0 Å². The summed E-state index contributed by atoms with van der Waals surface area (Å²) in [5, 5.41) is 19.5. The zero-order valence-electron chi connectivity index (χ0n) is 16.5. The Kier molecular flexibility index (Phi) is 6.93. The van der Waals surface area contributed by atoms with Crippen molar-refractivity contribution in [1.29, 1.82) is 0 Å². The molecule has 0 aliphatic heterocycles. The van der Waals surface area contributed by atoms with E-state index in [9.17, 15) is 23.5 Å². The molecular formula is C21H20F2N4O4. The number of benzene rings is 2. The molecule has 0 fully saturated rings. The van der Waals surface area contributed by atoms with Crippen molar-refractivity contribution >= 4 is 23.5 Å². The van der Waals surface area contributed by atoms with Gasteiger partial charge in [0.1, 0.15) is 23.0 Å². The minimum Gasteiger partial charge on any atom is -0.462 e. The van der Waals surface area contributed by atoms with Gasteiger partial charge in [-0.3, -0.25) is 5.32 Å². The number of ether oxygens (including phenoxy) is 1. The first-order valence-electron chi connectivity index (χ1n) is 9.37. The first-order valence-corrected chi connectivity index (χ1v) is 9.37. The third-order valence-electron chi connectivity index (χ3n) is 4.25. The van der Waals surface area contributed by atoms with E-state index in [0.29, 0.717) is 5.56 Å². The second kappa shape index (κ2) is 9.81. The molecule has 0 aliphatic rings. The van der Waals surface area contributed by atoms with Crippen molar-refractivity contribution in [3.05, 3.63) is 77.5 Å². The largest absolute Gasteiger partial charge is 0.462 e. The fourth-order valence-corrected chi connectivity index (χ4v) is 2.80. The molecule has 0 spiro atoms. The number of rotatable bonds is 7. The van der Waals surface area contributed by atoms with Gasteiger partial charge in [0.15, 0.2) is 0 Å². The third kappa shape index (κ3) is 5.64. The number of carbonyl (C=O) groups is 2. The SMILES string of the molecule is CCOC(=O)c1cnn(CC(O)c2ccc(F)cc2)c1NC(=O)Nc1cccc(F)c1. The van der Waals surface area contributed by atoms with Crippen LogP contribution in [0.1, 0.15) is 28.9 Å². The lowest BCUT2D eigenvalue weighted by atomic mass is 10.1. The van der Waals surface area contributed by atoms with Crippen LogP contribution in [0.5, 0.6) is 0 Å². The van der Waals surface area contributed by atoms with E-state index in [1.54, 1.807) is 6.92 Å². The molecule has 3 aromatic rings. The molecule has 1 atom stereocenters. The summed E-state index contributed by atoms with van der Waals surface area (Å²) in [4.78, 5) is 24.7. The maximum Gasteiger partial charge on any atom is 0.343 e. The Hall–Kier alpha value is -3.79. The molecule has 0 aliphatic carbocycles. The van der Waals surface area contributed by atoms with Crippen LogP contribution in [0.25, 0.3) is 0 Å². The fraction of sp³-hybridized carbons (Fsp3) is 0.190. The molecule has 1 unspecified atom stereocenters. The van der Waals surface area contributed by atoms with Gasteiger partial charge < -0.3 is 15.2 Å². The van der Waals surface area contributed by atoms with Crippen LogP contribution < -0.4 is 10.6 Å². The zero-order valence-corrected chi connectivity index (χ0v) is 16.5. The van der Waals surface area contributed by atoms with Gasteiger partial charge in [-0.05, 0) is 42.8 Å². The molecule has 31 heavy (non-hydrogen) atoms. The number of halogens is 2. The number of esters is 1. The number of aliphatic hydroxyl groups excluding tert-OH is 1. The summed E-state index contributed by atoms with van der Waals surface area (Å²) < 4.78 is 32.7. The lowest BCUT2D eigenvalue weighted by molar-refractivity contribution is 0.0527. The molecule has 3 N–H and O–H groups in total. The monoisotopic (exact) mass is 430 g/mol. The molecule has 0 saturated carbocycles. The Balaban J connectivity index is 1.83. The Morgan fingerprint density at radius 2 is 1.87 bits per heavy atom. The number of amides is 2. The van der Waals surface area contributed by atoms with Gasteiger partial charge in [0, 0.05) is 5.69 Å². The van der Waals surface area contributed by atoms with Crippen LogP contribution >= 0.6 is 0 Å². The number of aromatic nitrogens is 2. The van der Waals surface area contributed by atoms with Gasteiger partial charge in [0.05, 0.1) is 25.5 Å². The fourth-order valence-electron chi connectivity index (χ4n) is 2.80. The number of carbonyl (C=O) groups excluding carboxylic acids is 2. The maximum atomic E-state index is 13.3. The lowest BCUT2D eigenvalue weighted by Gasteiger charge is -2.15. The molecule has 3 rings (SSSR count). The molecule has 0 saturated heterocycles. The number of nitrogens with zero attached hydrogens (tertiary/aromatic N) is 2. The molecule has 1 aromatic heterocycles. The van der Waals surface area contributed by atoms with Gasteiger partial charge >= 0.3 is 12.0 Å². The summed E-state index contributed by atoms with van der Waals surface area (Å²) in [5.41, 5.74) is 0.597. The molecule has 2 aromatic carbocycles. The molecule has 1 heterocycles. The Labute approximate surface area is 176 Å². The second-order valence-electron chi connectivity index (χ2n) is 6.47. The van der Waals surface area contributed by atoms with Crippen molar-refractivity contribution in [3.63, 3.8) is 0 Å². The maximum absolute atomic E-state index is 13.3. The Morgan fingerprint density at radius 3 is 2.55 bits per heavy atom. The van der Waals surface area contributed by atoms with Crippen molar-refractivity contribution in [2.75, 3.05) is 17.2 Å². The quantitative estimate of drug-likeness (QED) is 0.496. The van der Waals surface area contributed by atoms with Crippen molar-refractivity contribution in [2.24, 2.45) is 0 Å². The van der Waals surface area contributed by atoms with Crippen LogP contribution in [0.3, 0.4) is 0 Å². The van der Waals surface area contributed by atoms with Gasteiger partial charge in [0.25, 0.3) is 0 Å². The molecule has 162 valence electrons. The van der Waals surface area contributed by atoms with E-state index in [1.807, 2.05) is 0 Å². The van der Waals surface area contributed by atoms with Crippen LogP contribution in [0.4, 0.5) is 25.1 Å². The van der Waals surface area contributed by atoms with Crippen LogP contribution in [-0.4, -0.2) is 33.5 Å². The number of nitrogens with one attached hydrogen (secondary N) is 2. The molecule has 2 amide bonds. The van der Waals surface area contributed by atoms with E-state index in [1.165, 1.54) is 53.3 Å². The van der Waals surface area contributed by atoms with Crippen LogP contribution in [-0.2, 0) is 11.3 Å². The Bertz CT molecular complexity index is 1070. The number of anilines is 2. The summed E-state index contributed by atoms with van der Waals surface area (Å²) in [6.45, 7) is 1.60. The first-order chi connectivity index (χ1) is 14.9. The van der Waals surface area contributed by atoms with E-state index in [-0.39, 0.29) is 30.2 Å². The smallest absolute Gasteiger partial charge is 0.343 e. The van der Waals surface area contributed by atoms with Gasteiger partial charge in [0.2, 0.25) is 0 Å². The third-order valence-corrected chi connectivity index (χ3v) is 4.25. The molecule has 0 bridgehead atoms. The topological polar surface area (TPSA) is 105 Å². The summed E-state index contributed by atoms with van der Waals surface area (Å²) in [6.07, 6.45) is 0.107. The number of urea groups is 1. The zero-order chi connectivity index (χ0) is 22.4. The van der Waals surface area contributed by atoms with Crippen molar-refractivity contribution < 1.29 is 28.2 Å². The predicted octanol–water partition coefficient (Wildman–Crippen LogP) is 3.72. The minimum atomic E-state index is -1.10. The van der Waals surface area contributed by atoms with Gasteiger partial charge in [-0.15, -0.1) is 0 Å². The van der Waals surface area contributed by atoms with E-state index in [2.05, 4.69) is 15.7 Å². The van der Waals surface area contributed by atoms with Crippen molar-refractivity contribution in [1.82, 2.24) is 9.78 Å². The number of hydrogen-bond donors (Lipinski definition) is 3. The van der Waals surface area contributed by atoms with E-state index in [0.717, 1.165) is 6.07 Å². The summed E-state index contributed by atoms with van der Waals surface area (Å²) >= 11 is 0. The van der Waals surface area contributed by atoms with E-state index in [4.69, 9.17) is 4.74 Å². The van der Waals surface area contributed by atoms with Crippen LogP contribution in [0, 0.1) is 11.6 Å². The predicted molar refractivity (Wildman–Crippen MR) is 109 cm³/mol. The summed E-state index contributed by atoms with van der Waals surface area (Å²) in [7, 11) is 0. The number of aliphatic hydroxyl groups is 1. The van der Waals surface area contributed by atoms with Gasteiger partial charge in [-0.25, -0.2) is 23.1 Å². The number of hydrogen-bond acceptors (Lipinski definition) is 5. The Morgan fingerprint density at radius 1 is 1.13 bits per heavy atom. The van der Waals surface area contributed by atoms with E-state index < -0.39 is 29.7 Å². The molecule has 8 nitrogen and oxygen atoms in total. The highest BCUT2D eigenvalue weighted by Crippen LogP contribution is 2.22. The minimum absolute atomic E-state index is 0.0199. The summed E-state index contributed by atoms with van der Waals surface area (Å²) in [5.74, 6) is -1.71. The molecule has 10 heteroatoms.